The Morgan fingerprint density at radius 2 is 1.97 bits per heavy atom. The molecule has 0 spiro atoms. The number of rotatable bonds is 7. The number of nitrogens with zero attached hydrogens (tertiary/aromatic N) is 3. The van der Waals surface area contributed by atoms with Crippen LogP contribution in [0.5, 0.6) is 0 Å². The Balaban J connectivity index is 1.99. The first kappa shape index (κ1) is 20.7. The molecule has 3 rings (SSSR count). The number of aliphatic hydroxyl groups is 1. The van der Waals surface area contributed by atoms with Gasteiger partial charge in [0.1, 0.15) is 12.4 Å². The quantitative estimate of drug-likeness (QED) is 0.497. The van der Waals surface area contributed by atoms with Crippen LogP contribution in [0.1, 0.15) is 10.6 Å². The van der Waals surface area contributed by atoms with Gasteiger partial charge in [-0.1, -0.05) is 11.6 Å². The van der Waals surface area contributed by atoms with Crippen molar-refractivity contribution < 1.29 is 28.2 Å². The molecule has 0 aliphatic rings. The summed E-state index contributed by atoms with van der Waals surface area (Å²) < 4.78 is 25.5. The minimum absolute atomic E-state index is 0.114. The maximum absolute atomic E-state index is 12.4. The smallest absolute Gasteiger partial charge is 0.372 e. The number of anilines is 1. The standard InChI is InChI=1S/C17H15ClN4O6S/c18-10-1-4-14(19-8-10)21-15(24)9-22-13-7-11(29(27,28)6-5-23)2-3-12(13)20-16(22)17(25)26/h1-4,7-8,23H,5-6,9H2,(H,25,26)(H,19,21,24). The molecular formula is C17H15ClN4O6S. The van der Waals surface area contributed by atoms with E-state index in [-0.39, 0.29) is 21.7 Å². The fraction of sp³-hybridized carbons (Fsp3) is 0.176. The van der Waals surface area contributed by atoms with Crippen molar-refractivity contribution in [2.24, 2.45) is 0 Å². The van der Waals surface area contributed by atoms with Gasteiger partial charge in [-0.2, -0.15) is 0 Å². The number of carbonyl (C=O) groups is 2. The van der Waals surface area contributed by atoms with Crippen LogP contribution in [0, 0.1) is 0 Å². The first-order valence-corrected chi connectivity index (χ1v) is 10.2. The van der Waals surface area contributed by atoms with E-state index < -0.39 is 46.4 Å². The number of carboxylic acid groups (broad SMARTS) is 1. The molecule has 1 aromatic carbocycles. The Labute approximate surface area is 169 Å². The van der Waals surface area contributed by atoms with E-state index in [2.05, 4.69) is 15.3 Å². The normalized spacial score (nSPS) is 11.5. The lowest BCUT2D eigenvalue weighted by atomic mass is 10.3. The second-order valence-electron chi connectivity index (χ2n) is 5.93. The van der Waals surface area contributed by atoms with Gasteiger partial charge in [0, 0.05) is 6.20 Å². The Kier molecular flexibility index (Phi) is 5.82. The molecule has 29 heavy (non-hydrogen) atoms. The van der Waals surface area contributed by atoms with Gasteiger partial charge in [-0.05, 0) is 30.3 Å². The topological polar surface area (TPSA) is 151 Å². The van der Waals surface area contributed by atoms with Gasteiger partial charge in [-0.15, -0.1) is 0 Å². The Bertz CT molecular complexity index is 1190. The number of hydrogen-bond donors (Lipinski definition) is 3. The third-order valence-electron chi connectivity index (χ3n) is 3.93. The van der Waals surface area contributed by atoms with Crippen molar-refractivity contribution in [3.63, 3.8) is 0 Å². The summed E-state index contributed by atoms with van der Waals surface area (Å²) in [5, 5.41) is 21.2. The highest BCUT2D eigenvalue weighted by molar-refractivity contribution is 7.91. The number of aromatic carboxylic acids is 1. The van der Waals surface area contributed by atoms with Gasteiger partial charge < -0.3 is 20.1 Å². The number of imidazole rings is 1. The molecule has 3 N–H and O–H groups in total. The number of sulfone groups is 1. The van der Waals surface area contributed by atoms with E-state index in [9.17, 15) is 23.1 Å². The molecule has 0 saturated heterocycles. The first-order valence-electron chi connectivity index (χ1n) is 8.20. The summed E-state index contributed by atoms with van der Waals surface area (Å²) >= 11 is 5.74. The molecule has 0 bridgehead atoms. The average molecular weight is 439 g/mol. The van der Waals surface area contributed by atoms with Crippen molar-refractivity contribution in [2.45, 2.75) is 11.4 Å². The first-order chi connectivity index (χ1) is 13.7. The van der Waals surface area contributed by atoms with Crippen LogP contribution in [0.3, 0.4) is 0 Å². The average Bonchev–Trinajstić information content (AvgIpc) is 3.01. The van der Waals surface area contributed by atoms with Crippen LogP contribution in [0.2, 0.25) is 5.02 Å². The molecule has 152 valence electrons. The molecule has 0 unspecified atom stereocenters. The lowest BCUT2D eigenvalue weighted by molar-refractivity contribution is -0.116. The highest BCUT2D eigenvalue weighted by atomic mass is 35.5. The van der Waals surface area contributed by atoms with Gasteiger partial charge in [-0.3, -0.25) is 4.79 Å². The SMILES string of the molecule is O=C(Cn1c(C(=O)O)nc2ccc(S(=O)(=O)CCO)cc21)Nc1ccc(Cl)cn1. The van der Waals surface area contributed by atoms with Crippen molar-refractivity contribution in [3.05, 3.63) is 47.4 Å². The summed E-state index contributed by atoms with van der Waals surface area (Å²) in [4.78, 5) is 31.7. The molecule has 10 nitrogen and oxygen atoms in total. The summed E-state index contributed by atoms with van der Waals surface area (Å²) in [6.07, 6.45) is 1.34. The number of pyridine rings is 1. The van der Waals surface area contributed by atoms with Crippen molar-refractivity contribution in [3.8, 4) is 0 Å². The van der Waals surface area contributed by atoms with Gasteiger partial charge in [0.15, 0.2) is 9.84 Å². The molecule has 0 fully saturated rings. The molecule has 0 atom stereocenters. The number of carbonyl (C=O) groups excluding carboxylic acids is 1. The Morgan fingerprint density at radius 1 is 1.21 bits per heavy atom. The van der Waals surface area contributed by atoms with E-state index in [1.54, 1.807) is 0 Å². The molecule has 0 aliphatic carbocycles. The van der Waals surface area contributed by atoms with E-state index in [1.165, 1.54) is 36.5 Å². The number of amides is 1. The third kappa shape index (κ3) is 4.53. The van der Waals surface area contributed by atoms with Crippen LogP contribution in [0.4, 0.5) is 5.82 Å². The number of nitrogens with one attached hydrogen (secondary N) is 1. The maximum Gasteiger partial charge on any atom is 0.372 e. The second kappa shape index (κ2) is 8.15. The molecular weight excluding hydrogens is 424 g/mol. The Hall–Kier alpha value is -3.02. The molecule has 3 aromatic rings. The van der Waals surface area contributed by atoms with Gasteiger partial charge in [0.2, 0.25) is 11.7 Å². The summed E-state index contributed by atoms with van der Waals surface area (Å²) in [5.41, 5.74) is 0.364. The van der Waals surface area contributed by atoms with Crippen LogP contribution in [0.15, 0.2) is 41.4 Å². The van der Waals surface area contributed by atoms with E-state index in [0.717, 1.165) is 4.57 Å². The minimum atomic E-state index is -3.77. The summed E-state index contributed by atoms with van der Waals surface area (Å²) in [6.45, 7) is -0.998. The number of halogens is 1. The summed E-state index contributed by atoms with van der Waals surface area (Å²) in [7, 11) is -3.77. The zero-order valence-corrected chi connectivity index (χ0v) is 16.3. The van der Waals surface area contributed by atoms with E-state index in [1.807, 2.05) is 0 Å². The molecule has 0 radical (unpaired) electrons. The number of benzene rings is 1. The van der Waals surface area contributed by atoms with Crippen molar-refractivity contribution >= 4 is 50.2 Å². The third-order valence-corrected chi connectivity index (χ3v) is 5.84. The predicted molar refractivity (Wildman–Crippen MR) is 104 cm³/mol. The number of fused-ring (bicyclic) bond motifs is 1. The second-order valence-corrected chi connectivity index (χ2v) is 8.48. The zero-order valence-electron chi connectivity index (χ0n) is 14.7. The van der Waals surface area contributed by atoms with E-state index >= 15 is 0 Å². The van der Waals surface area contributed by atoms with Crippen molar-refractivity contribution in [1.29, 1.82) is 0 Å². The van der Waals surface area contributed by atoms with Crippen molar-refractivity contribution in [1.82, 2.24) is 14.5 Å². The van der Waals surface area contributed by atoms with Crippen LogP contribution < -0.4 is 5.32 Å². The lowest BCUT2D eigenvalue weighted by Crippen LogP contribution is -2.22. The van der Waals surface area contributed by atoms with Gasteiger partial charge in [0.25, 0.3) is 0 Å². The van der Waals surface area contributed by atoms with Gasteiger partial charge >= 0.3 is 5.97 Å². The zero-order chi connectivity index (χ0) is 21.2. The van der Waals surface area contributed by atoms with Crippen LogP contribution in [-0.4, -0.2) is 57.4 Å². The fourth-order valence-electron chi connectivity index (χ4n) is 2.63. The van der Waals surface area contributed by atoms with Crippen LogP contribution in [0.25, 0.3) is 11.0 Å². The number of aromatic nitrogens is 3. The van der Waals surface area contributed by atoms with Crippen LogP contribution in [-0.2, 0) is 21.2 Å². The molecule has 12 heteroatoms. The summed E-state index contributed by atoms with van der Waals surface area (Å²) in [6, 6.07) is 6.85. The highest BCUT2D eigenvalue weighted by Gasteiger charge is 2.22. The summed E-state index contributed by atoms with van der Waals surface area (Å²) in [5.74, 6) is -2.66. The van der Waals surface area contributed by atoms with E-state index in [0.29, 0.717) is 5.02 Å². The molecule has 2 heterocycles. The molecule has 2 aromatic heterocycles. The number of hydrogen-bond acceptors (Lipinski definition) is 7. The monoisotopic (exact) mass is 438 g/mol. The molecule has 1 amide bonds. The Morgan fingerprint density at radius 3 is 2.59 bits per heavy atom. The van der Waals surface area contributed by atoms with E-state index in [4.69, 9.17) is 16.7 Å². The van der Waals surface area contributed by atoms with Gasteiger partial charge in [0.05, 0.1) is 33.3 Å². The van der Waals surface area contributed by atoms with Crippen molar-refractivity contribution in [2.75, 3.05) is 17.7 Å². The maximum atomic E-state index is 12.4. The minimum Gasteiger partial charge on any atom is -0.475 e. The lowest BCUT2D eigenvalue weighted by Gasteiger charge is -2.09. The fourth-order valence-corrected chi connectivity index (χ4v) is 3.79. The highest BCUT2D eigenvalue weighted by Crippen LogP contribution is 2.22. The number of aliphatic hydroxyl groups excluding tert-OH is 1. The van der Waals surface area contributed by atoms with Gasteiger partial charge in [-0.25, -0.2) is 23.2 Å². The van der Waals surface area contributed by atoms with Crippen LogP contribution >= 0.6 is 11.6 Å². The molecule has 0 saturated carbocycles. The molecule has 0 aliphatic heterocycles. The predicted octanol–water partition coefficient (Wildman–Crippen LogP) is 1.19. The number of carboxylic acids is 1. The largest absolute Gasteiger partial charge is 0.475 e.